The van der Waals surface area contributed by atoms with Gasteiger partial charge in [-0.25, -0.2) is 0 Å². The van der Waals surface area contributed by atoms with Crippen LogP contribution in [0.15, 0.2) is 22.7 Å². The highest BCUT2D eigenvalue weighted by Gasteiger charge is 2.00. The topological polar surface area (TPSA) is 26.0 Å². The molecule has 1 rings (SSSR count). The van der Waals surface area contributed by atoms with E-state index in [-0.39, 0.29) is 0 Å². The number of anilines is 1. The van der Waals surface area contributed by atoms with Gasteiger partial charge in [0.05, 0.1) is 0 Å². The zero-order chi connectivity index (χ0) is 13.2. The molecule has 0 radical (unpaired) electrons. The lowest BCUT2D eigenvalue weighted by Crippen LogP contribution is -1.94. The standard InChI is InChI=1S/C16H26BrN/c1-2-3-4-5-6-7-8-9-10-14-13-15(17)11-12-16(14)18/h11-13H,2-10,18H2,1H3. The van der Waals surface area contributed by atoms with Gasteiger partial charge < -0.3 is 5.73 Å². The lowest BCUT2D eigenvalue weighted by Gasteiger charge is -2.06. The predicted molar refractivity (Wildman–Crippen MR) is 84.9 cm³/mol. The number of hydrogen-bond donors (Lipinski definition) is 1. The van der Waals surface area contributed by atoms with Crippen molar-refractivity contribution in [1.29, 1.82) is 0 Å². The zero-order valence-electron chi connectivity index (χ0n) is 11.6. The molecule has 1 aromatic rings. The van der Waals surface area contributed by atoms with E-state index in [4.69, 9.17) is 5.73 Å². The zero-order valence-corrected chi connectivity index (χ0v) is 13.1. The largest absolute Gasteiger partial charge is 0.399 e. The van der Waals surface area contributed by atoms with E-state index in [1.807, 2.05) is 12.1 Å². The van der Waals surface area contributed by atoms with Gasteiger partial charge in [0.1, 0.15) is 0 Å². The number of nitrogen functional groups attached to an aromatic ring is 1. The Morgan fingerprint density at radius 1 is 0.944 bits per heavy atom. The van der Waals surface area contributed by atoms with E-state index in [0.29, 0.717) is 0 Å². The number of unbranched alkanes of at least 4 members (excludes halogenated alkanes) is 7. The number of aryl methyl sites for hydroxylation is 1. The smallest absolute Gasteiger partial charge is 0.0347 e. The van der Waals surface area contributed by atoms with Crippen LogP contribution in [0.25, 0.3) is 0 Å². The van der Waals surface area contributed by atoms with Crippen LogP contribution in [0, 0.1) is 0 Å². The van der Waals surface area contributed by atoms with Crippen molar-refractivity contribution in [1.82, 2.24) is 0 Å². The molecular formula is C16H26BrN. The first-order valence-corrected chi connectivity index (χ1v) is 8.07. The summed E-state index contributed by atoms with van der Waals surface area (Å²) in [5.74, 6) is 0. The first-order chi connectivity index (χ1) is 8.74. The number of nitrogens with two attached hydrogens (primary N) is 1. The summed E-state index contributed by atoms with van der Waals surface area (Å²) in [5, 5.41) is 0. The molecule has 0 amide bonds. The molecule has 0 bridgehead atoms. The van der Waals surface area contributed by atoms with Crippen LogP contribution in [0.4, 0.5) is 5.69 Å². The molecule has 18 heavy (non-hydrogen) atoms. The molecule has 0 saturated heterocycles. The van der Waals surface area contributed by atoms with E-state index in [9.17, 15) is 0 Å². The third kappa shape index (κ3) is 6.44. The van der Waals surface area contributed by atoms with Gasteiger partial charge in [0.15, 0.2) is 0 Å². The van der Waals surface area contributed by atoms with Crippen LogP contribution in [0.1, 0.15) is 63.9 Å². The molecule has 0 saturated carbocycles. The minimum absolute atomic E-state index is 0.932. The lowest BCUT2D eigenvalue weighted by atomic mass is 10.0. The summed E-state index contributed by atoms with van der Waals surface area (Å²) in [4.78, 5) is 0. The minimum atomic E-state index is 0.932. The van der Waals surface area contributed by atoms with Gasteiger partial charge in [0.25, 0.3) is 0 Å². The van der Waals surface area contributed by atoms with E-state index >= 15 is 0 Å². The van der Waals surface area contributed by atoms with Crippen molar-refractivity contribution in [3.8, 4) is 0 Å². The second-order valence-corrected chi connectivity index (χ2v) is 5.98. The van der Waals surface area contributed by atoms with Gasteiger partial charge in [0.2, 0.25) is 0 Å². The number of rotatable bonds is 9. The Morgan fingerprint density at radius 2 is 1.56 bits per heavy atom. The van der Waals surface area contributed by atoms with Crippen LogP contribution in [0.5, 0.6) is 0 Å². The maximum absolute atomic E-state index is 5.96. The molecule has 0 fully saturated rings. The third-order valence-electron chi connectivity index (χ3n) is 3.40. The summed E-state index contributed by atoms with van der Waals surface area (Å²) < 4.78 is 1.13. The summed E-state index contributed by atoms with van der Waals surface area (Å²) in [6.07, 6.45) is 12.0. The average molecular weight is 312 g/mol. The molecule has 0 aliphatic rings. The Bertz CT molecular complexity index is 336. The van der Waals surface area contributed by atoms with Crippen molar-refractivity contribution in [2.24, 2.45) is 0 Å². The maximum Gasteiger partial charge on any atom is 0.0347 e. The number of halogens is 1. The van der Waals surface area contributed by atoms with Gasteiger partial charge in [-0.3, -0.25) is 0 Å². The van der Waals surface area contributed by atoms with Crippen molar-refractivity contribution in [3.05, 3.63) is 28.2 Å². The Hall–Kier alpha value is -0.500. The Balaban J connectivity index is 2.09. The first kappa shape index (κ1) is 15.6. The average Bonchev–Trinajstić information content (AvgIpc) is 2.36. The van der Waals surface area contributed by atoms with Gasteiger partial charge in [-0.15, -0.1) is 0 Å². The van der Waals surface area contributed by atoms with E-state index in [0.717, 1.165) is 16.6 Å². The van der Waals surface area contributed by atoms with Crippen molar-refractivity contribution in [2.45, 2.75) is 64.7 Å². The number of hydrogen-bond acceptors (Lipinski definition) is 1. The predicted octanol–water partition coefficient (Wildman–Crippen LogP) is 5.71. The van der Waals surface area contributed by atoms with E-state index in [1.165, 1.54) is 56.9 Å². The van der Waals surface area contributed by atoms with Gasteiger partial charge in [-0.05, 0) is 36.6 Å². The molecule has 102 valence electrons. The quantitative estimate of drug-likeness (QED) is 0.458. The molecule has 0 aliphatic carbocycles. The third-order valence-corrected chi connectivity index (χ3v) is 3.90. The van der Waals surface area contributed by atoms with Gasteiger partial charge in [0, 0.05) is 10.2 Å². The Labute approximate surface area is 120 Å². The molecule has 2 heteroatoms. The monoisotopic (exact) mass is 311 g/mol. The van der Waals surface area contributed by atoms with E-state index in [2.05, 4.69) is 28.9 Å². The van der Waals surface area contributed by atoms with Gasteiger partial charge in [-0.2, -0.15) is 0 Å². The van der Waals surface area contributed by atoms with Crippen molar-refractivity contribution < 1.29 is 0 Å². The Morgan fingerprint density at radius 3 is 2.22 bits per heavy atom. The normalized spacial score (nSPS) is 10.8. The van der Waals surface area contributed by atoms with Crippen LogP contribution in [0.3, 0.4) is 0 Å². The lowest BCUT2D eigenvalue weighted by molar-refractivity contribution is 0.575. The molecule has 0 aromatic heterocycles. The van der Waals surface area contributed by atoms with Gasteiger partial charge in [-0.1, -0.05) is 67.8 Å². The fraction of sp³-hybridized carbons (Fsp3) is 0.625. The molecule has 1 nitrogen and oxygen atoms in total. The van der Waals surface area contributed by atoms with Crippen molar-refractivity contribution in [2.75, 3.05) is 5.73 Å². The fourth-order valence-electron chi connectivity index (χ4n) is 2.24. The first-order valence-electron chi connectivity index (χ1n) is 7.28. The van der Waals surface area contributed by atoms with Crippen LogP contribution in [0.2, 0.25) is 0 Å². The molecule has 0 unspecified atom stereocenters. The van der Waals surface area contributed by atoms with Crippen LogP contribution >= 0.6 is 15.9 Å². The molecule has 0 spiro atoms. The van der Waals surface area contributed by atoms with E-state index < -0.39 is 0 Å². The van der Waals surface area contributed by atoms with Crippen LogP contribution in [-0.4, -0.2) is 0 Å². The number of benzene rings is 1. The SMILES string of the molecule is CCCCCCCCCCc1cc(Br)ccc1N. The molecule has 0 aliphatic heterocycles. The molecule has 0 heterocycles. The highest BCUT2D eigenvalue weighted by atomic mass is 79.9. The molecule has 0 atom stereocenters. The highest BCUT2D eigenvalue weighted by molar-refractivity contribution is 9.10. The van der Waals surface area contributed by atoms with E-state index in [1.54, 1.807) is 0 Å². The molecule has 2 N–H and O–H groups in total. The second kappa shape index (κ2) is 9.43. The highest BCUT2D eigenvalue weighted by Crippen LogP contribution is 2.20. The fourth-order valence-corrected chi connectivity index (χ4v) is 2.65. The minimum Gasteiger partial charge on any atom is -0.399 e. The summed E-state index contributed by atoms with van der Waals surface area (Å²) in [7, 11) is 0. The molecular weight excluding hydrogens is 286 g/mol. The maximum atomic E-state index is 5.96. The van der Waals surface area contributed by atoms with Gasteiger partial charge >= 0.3 is 0 Å². The van der Waals surface area contributed by atoms with Crippen LogP contribution < -0.4 is 5.73 Å². The van der Waals surface area contributed by atoms with Crippen molar-refractivity contribution in [3.63, 3.8) is 0 Å². The Kier molecular flexibility index (Phi) is 8.15. The second-order valence-electron chi connectivity index (χ2n) is 5.07. The van der Waals surface area contributed by atoms with Crippen LogP contribution in [-0.2, 0) is 6.42 Å². The molecule has 1 aromatic carbocycles. The van der Waals surface area contributed by atoms with Crippen molar-refractivity contribution >= 4 is 21.6 Å². The summed E-state index contributed by atoms with van der Waals surface area (Å²) >= 11 is 3.50. The summed E-state index contributed by atoms with van der Waals surface area (Å²) in [6, 6.07) is 6.15. The summed E-state index contributed by atoms with van der Waals surface area (Å²) in [6.45, 7) is 2.27. The summed E-state index contributed by atoms with van der Waals surface area (Å²) in [5.41, 5.74) is 8.18.